The maximum absolute atomic E-state index is 12.5. The second kappa shape index (κ2) is 6.42. The fourth-order valence-corrected chi connectivity index (χ4v) is 3.33. The minimum Gasteiger partial charge on any atom is -0.497 e. The number of thiophene rings is 1. The highest BCUT2D eigenvalue weighted by molar-refractivity contribution is 7.10. The van der Waals surface area contributed by atoms with Crippen LogP contribution in [-0.4, -0.2) is 30.1 Å². The van der Waals surface area contributed by atoms with Gasteiger partial charge in [-0.2, -0.15) is 0 Å². The molecule has 0 atom stereocenters. The van der Waals surface area contributed by atoms with Crippen molar-refractivity contribution in [1.82, 2.24) is 10.1 Å². The van der Waals surface area contributed by atoms with Gasteiger partial charge in [-0.05, 0) is 42.1 Å². The number of carbonyl (C=O) groups is 1. The van der Waals surface area contributed by atoms with Gasteiger partial charge in [-0.3, -0.25) is 4.79 Å². The maximum Gasteiger partial charge on any atom is 0.228 e. The smallest absolute Gasteiger partial charge is 0.228 e. The van der Waals surface area contributed by atoms with E-state index in [2.05, 4.69) is 18.1 Å². The number of nitrogens with zero attached hydrogens (tertiary/aromatic N) is 2. The lowest BCUT2D eigenvalue weighted by atomic mass is 10.1. The Bertz CT molecular complexity index is 837. The van der Waals surface area contributed by atoms with E-state index in [0.717, 1.165) is 11.1 Å². The van der Waals surface area contributed by atoms with Crippen molar-refractivity contribution >= 4 is 28.2 Å². The number of aryl methyl sites for hydroxylation is 1. The molecule has 0 radical (unpaired) electrons. The van der Waals surface area contributed by atoms with Gasteiger partial charge in [0.25, 0.3) is 0 Å². The standard InChI is InChI=1S/C17H18N2O3S/c1-11-6-7-23-16(11)10-19(2)17(20)9-14-13-8-12(21-3)4-5-15(13)22-18-14/h4-8H,9-10H2,1-3H3. The molecule has 3 rings (SSSR count). The third kappa shape index (κ3) is 3.22. The molecule has 0 fully saturated rings. The summed E-state index contributed by atoms with van der Waals surface area (Å²) in [7, 11) is 3.42. The van der Waals surface area contributed by atoms with Crippen molar-refractivity contribution < 1.29 is 14.1 Å². The van der Waals surface area contributed by atoms with Crippen LogP contribution in [0.2, 0.25) is 0 Å². The third-order valence-electron chi connectivity index (χ3n) is 3.85. The number of ether oxygens (including phenoxy) is 1. The second-order valence-electron chi connectivity index (χ2n) is 5.44. The first-order valence-electron chi connectivity index (χ1n) is 7.27. The van der Waals surface area contributed by atoms with Crippen LogP contribution in [-0.2, 0) is 17.8 Å². The highest BCUT2D eigenvalue weighted by atomic mass is 32.1. The Morgan fingerprint density at radius 1 is 1.39 bits per heavy atom. The molecule has 2 heterocycles. The molecule has 0 bridgehead atoms. The normalized spacial score (nSPS) is 10.9. The van der Waals surface area contributed by atoms with Crippen molar-refractivity contribution in [3.8, 4) is 5.75 Å². The Labute approximate surface area is 138 Å². The van der Waals surface area contributed by atoms with Crippen molar-refractivity contribution in [1.29, 1.82) is 0 Å². The van der Waals surface area contributed by atoms with Gasteiger partial charge in [-0.1, -0.05) is 5.16 Å². The summed E-state index contributed by atoms with van der Waals surface area (Å²) in [6.45, 7) is 2.67. The van der Waals surface area contributed by atoms with Crippen LogP contribution in [0.3, 0.4) is 0 Å². The lowest BCUT2D eigenvalue weighted by Crippen LogP contribution is -2.27. The van der Waals surface area contributed by atoms with Gasteiger partial charge in [0.05, 0.1) is 20.1 Å². The summed E-state index contributed by atoms with van der Waals surface area (Å²) in [5.74, 6) is 0.729. The summed E-state index contributed by atoms with van der Waals surface area (Å²) < 4.78 is 10.5. The van der Waals surface area contributed by atoms with E-state index < -0.39 is 0 Å². The van der Waals surface area contributed by atoms with Gasteiger partial charge in [0.2, 0.25) is 5.91 Å². The maximum atomic E-state index is 12.5. The zero-order valence-electron chi connectivity index (χ0n) is 13.3. The van der Waals surface area contributed by atoms with Gasteiger partial charge in [-0.15, -0.1) is 11.3 Å². The van der Waals surface area contributed by atoms with Gasteiger partial charge in [0, 0.05) is 17.3 Å². The molecule has 6 heteroatoms. The summed E-state index contributed by atoms with van der Waals surface area (Å²) in [5.41, 5.74) is 2.51. The highest BCUT2D eigenvalue weighted by Gasteiger charge is 2.17. The molecule has 2 aromatic heterocycles. The lowest BCUT2D eigenvalue weighted by molar-refractivity contribution is -0.129. The predicted molar refractivity (Wildman–Crippen MR) is 89.8 cm³/mol. The number of aromatic nitrogens is 1. The van der Waals surface area contributed by atoms with E-state index in [1.54, 1.807) is 29.4 Å². The van der Waals surface area contributed by atoms with Gasteiger partial charge >= 0.3 is 0 Å². The van der Waals surface area contributed by atoms with Crippen molar-refractivity contribution in [2.45, 2.75) is 19.9 Å². The molecule has 0 saturated carbocycles. The summed E-state index contributed by atoms with van der Waals surface area (Å²) in [6.07, 6.45) is 0.209. The molecule has 0 aliphatic heterocycles. The SMILES string of the molecule is COc1ccc2onc(CC(=O)N(C)Cc3sccc3C)c2c1. The molecule has 3 aromatic rings. The van der Waals surface area contributed by atoms with Crippen molar-refractivity contribution in [2.75, 3.05) is 14.2 Å². The molecule has 23 heavy (non-hydrogen) atoms. The highest BCUT2D eigenvalue weighted by Crippen LogP contribution is 2.24. The number of hydrogen-bond donors (Lipinski definition) is 0. The summed E-state index contributed by atoms with van der Waals surface area (Å²) in [4.78, 5) is 15.4. The molecule has 0 saturated heterocycles. The van der Waals surface area contributed by atoms with Crippen LogP contribution in [0, 0.1) is 6.92 Å². The number of amides is 1. The average Bonchev–Trinajstić information content (AvgIpc) is 3.13. The third-order valence-corrected chi connectivity index (χ3v) is 4.85. The van der Waals surface area contributed by atoms with Crippen molar-refractivity contribution in [2.24, 2.45) is 0 Å². The summed E-state index contributed by atoms with van der Waals surface area (Å²) in [5, 5.41) is 6.89. The van der Waals surface area contributed by atoms with Crippen LogP contribution in [0.4, 0.5) is 0 Å². The number of hydrogen-bond acceptors (Lipinski definition) is 5. The fourth-order valence-electron chi connectivity index (χ4n) is 2.37. The van der Waals surface area contributed by atoms with E-state index in [1.807, 2.05) is 24.6 Å². The molecular weight excluding hydrogens is 312 g/mol. The van der Waals surface area contributed by atoms with E-state index >= 15 is 0 Å². The van der Waals surface area contributed by atoms with Crippen molar-refractivity contribution in [3.63, 3.8) is 0 Å². The molecule has 0 unspecified atom stereocenters. The molecule has 0 aliphatic carbocycles. The Morgan fingerprint density at radius 2 is 2.22 bits per heavy atom. The minimum atomic E-state index is 0.0100. The van der Waals surface area contributed by atoms with E-state index in [1.165, 1.54) is 10.4 Å². The Balaban J connectivity index is 1.76. The Hall–Kier alpha value is -2.34. The fraction of sp³-hybridized carbons (Fsp3) is 0.294. The Morgan fingerprint density at radius 3 is 2.91 bits per heavy atom. The van der Waals surface area contributed by atoms with Crippen molar-refractivity contribution in [3.05, 3.63) is 45.8 Å². The molecule has 0 spiro atoms. The lowest BCUT2D eigenvalue weighted by Gasteiger charge is -2.16. The predicted octanol–water partition coefficient (Wildman–Crippen LogP) is 3.41. The molecular formula is C17H18N2O3S. The monoisotopic (exact) mass is 330 g/mol. The zero-order chi connectivity index (χ0) is 16.4. The first kappa shape index (κ1) is 15.6. The van der Waals surface area contributed by atoms with E-state index in [0.29, 0.717) is 17.8 Å². The number of fused-ring (bicyclic) bond motifs is 1. The number of benzene rings is 1. The van der Waals surface area contributed by atoms with Crippen LogP contribution in [0.5, 0.6) is 5.75 Å². The topological polar surface area (TPSA) is 55.6 Å². The average molecular weight is 330 g/mol. The number of rotatable bonds is 5. The van der Waals surface area contributed by atoms with Crippen LogP contribution in [0.1, 0.15) is 16.1 Å². The number of carbonyl (C=O) groups excluding carboxylic acids is 1. The quantitative estimate of drug-likeness (QED) is 0.719. The van der Waals surface area contributed by atoms with Gasteiger partial charge in [0.15, 0.2) is 5.58 Å². The molecule has 5 nitrogen and oxygen atoms in total. The first-order valence-corrected chi connectivity index (χ1v) is 8.15. The summed E-state index contributed by atoms with van der Waals surface area (Å²) in [6, 6.07) is 7.52. The molecule has 120 valence electrons. The van der Waals surface area contributed by atoms with Crippen LogP contribution >= 0.6 is 11.3 Å². The van der Waals surface area contributed by atoms with E-state index in [-0.39, 0.29) is 12.3 Å². The van der Waals surface area contributed by atoms with Crippen LogP contribution in [0.15, 0.2) is 34.2 Å². The zero-order valence-corrected chi connectivity index (χ0v) is 14.1. The van der Waals surface area contributed by atoms with E-state index in [4.69, 9.17) is 9.26 Å². The number of likely N-dealkylation sites (N-methyl/N-ethyl adjacent to an activating group) is 1. The van der Waals surface area contributed by atoms with Gasteiger partial charge in [0.1, 0.15) is 11.4 Å². The summed E-state index contributed by atoms with van der Waals surface area (Å²) >= 11 is 1.67. The van der Waals surface area contributed by atoms with Crippen LogP contribution < -0.4 is 4.74 Å². The minimum absolute atomic E-state index is 0.0100. The molecule has 1 aromatic carbocycles. The second-order valence-corrected chi connectivity index (χ2v) is 6.45. The van der Waals surface area contributed by atoms with Crippen LogP contribution in [0.25, 0.3) is 11.0 Å². The van der Waals surface area contributed by atoms with Gasteiger partial charge in [-0.25, -0.2) is 0 Å². The molecule has 0 N–H and O–H groups in total. The molecule has 1 amide bonds. The Kier molecular flexibility index (Phi) is 4.34. The van der Waals surface area contributed by atoms with Gasteiger partial charge < -0.3 is 14.2 Å². The molecule has 0 aliphatic rings. The largest absolute Gasteiger partial charge is 0.497 e. The first-order chi connectivity index (χ1) is 11.1. The van der Waals surface area contributed by atoms with E-state index in [9.17, 15) is 4.79 Å². The number of methoxy groups -OCH3 is 1.